The summed E-state index contributed by atoms with van der Waals surface area (Å²) in [4.78, 5) is 9.96. The van der Waals surface area contributed by atoms with Crippen LogP contribution in [-0.4, -0.2) is 19.5 Å². The Balaban J connectivity index is 2.39. The summed E-state index contributed by atoms with van der Waals surface area (Å²) in [5.41, 5.74) is 1.22. The van der Waals surface area contributed by atoms with Gasteiger partial charge in [-0.05, 0) is 18.9 Å². The second-order valence-corrected chi connectivity index (χ2v) is 2.07. The van der Waals surface area contributed by atoms with E-state index in [0.717, 1.165) is 32.3 Å². The van der Waals surface area contributed by atoms with E-state index >= 15 is 0 Å². The zero-order chi connectivity index (χ0) is 6.53. The summed E-state index contributed by atoms with van der Waals surface area (Å²) in [5.74, 6) is 0. The molecule has 1 aliphatic rings. The van der Waals surface area contributed by atoms with Crippen LogP contribution in [0.5, 0.6) is 0 Å². The van der Waals surface area contributed by atoms with Crippen molar-refractivity contribution in [3.8, 4) is 0 Å². The molecule has 0 radical (unpaired) electrons. The molecule has 1 saturated heterocycles. The minimum Gasteiger partial charge on any atom is -0.381 e. The van der Waals surface area contributed by atoms with Crippen molar-refractivity contribution in [2.24, 2.45) is 0 Å². The minimum atomic E-state index is 0.777. The van der Waals surface area contributed by atoms with Gasteiger partial charge in [0.25, 0.3) is 0 Å². The van der Waals surface area contributed by atoms with Gasteiger partial charge < -0.3 is 4.74 Å². The monoisotopic (exact) mass is 126 g/mol. The third-order valence-corrected chi connectivity index (χ3v) is 1.44. The van der Waals surface area contributed by atoms with E-state index in [1.54, 1.807) is 6.08 Å². The van der Waals surface area contributed by atoms with Gasteiger partial charge in [-0.15, -0.1) is 0 Å². The first-order valence-corrected chi connectivity index (χ1v) is 3.14. The summed E-state index contributed by atoms with van der Waals surface area (Å²) in [6, 6.07) is 0. The average molecular weight is 126 g/mol. The number of hydrogen-bond donors (Lipinski definition) is 0. The molecule has 0 saturated carbocycles. The number of carbonyl (C=O) groups is 1. The molecule has 0 amide bonds. The van der Waals surface area contributed by atoms with Gasteiger partial charge in [0.2, 0.25) is 0 Å². The highest BCUT2D eigenvalue weighted by Gasteiger charge is 2.03. The molecule has 1 aliphatic heterocycles. The molecule has 0 aromatic carbocycles. The number of allylic oxidation sites excluding steroid dienone is 1. The molecule has 2 heteroatoms. The molecule has 2 nitrogen and oxygen atoms in total. The highest BCUT2D eigenvalue weighted by atomic mass is 16.5. The Morgan fingerprint density at radius 2 is 2.00 bits per heavy atom. The quantitative estimate of drug-likeness (QED) is 0.386. The number of aldehydes is 1. The third-order valence-electron chi connectivity index (χ3n) is 1.44. The van der Waals surface area contributed by atoms with Gasteiger partial charge in [-0.2, -0.15) is 0 Å². The standard InChI is InChI=1S/C7H10O2/c8-4-1-7-2-5-9-6-3-7/h1,4H,2-3,5-6H2. The van der Waals surface area contributed by atoms with Crippen LogP contribution < -0.4 is 0 Å². The van der Waals surface area contributed by atoms with Crippen LogP contribution in [0.1, 0.15) is 12.8 Å². The van der Waals surface area contributed by atoms with E-state index in [1.165, 1.54) is 5.57 Å². The molecule has 50 valence electrons. The first kappa shape index (κ1) is 6.49. The molecule has 0 unspecified atom stereocenters. The number of carbonyl (C=O) groups excluding carboxylic acids is 1. The predicted octanol–water partition coefficient (Wildman–Crippen LogP) is 0.922. The Bertz CT molecular complexity index is 119. The average Bonchev–Trinajstić information content (AvgIpc) is 1.91. The Morgan fingerprint density at radius 1 is 1.33 bits per heavy atom. The largest absolute Gasteiger partial charge is 0.381 e. The molecular formula is C7H10O2. The van der Waals surface area contributed by atoms with Crippen LogP contribution in [0.4, 0.5) is 0 Å². The molecule has 0 aliphatic carbocycles. The van der Waals surface area contributed by atoms with Crippen molar-refractivity contribution in [2.45, 2.75) is 12.8 Å². The van der Waals surface area contributed by atoms with Crippen LogP contribution in [0.2, 0.25) is 0 Å². The lowest BCUT2D eigenvalue weighted by Gasteiger charge is -2.12. The maximum Gasteiger partial charge on any atom is 0.142 e. The SMILES string of the molecule is O=CC=C1CCOCC1. The Kier molecular flexibility index (Phi) is 2.46. The molecule has 1 rings (SSSR count). The Labute approximate surface area is 54.5 Å². The summed E-state index contributed by atoms with van der Waals surface area (Å²) in [6.07, 6.45) is 4.35. The molecular weight excluding hydrogens is 116 g/mol. The van der Waals surface area contributed by atoms with Crippen molar-refractivity contribution in [1.82, 2.24) is 0 Å². The molecule has 0 aromatic heterocycles. The third kappa shape index (κ3) is 1.98. The fourth-order valence-corrected chi connectivity index (χ4v) is 0.896. The van der Waals surface area contributed by atoms with Crippen molar-refractivity contribution in [3.63, 3.8) is 0 Å². The molecule has 9 heavy (non-hydrogen) atoms. The summed E-state index contributed by atoms with van der Waals surface area (Å²) in [6.45, 7) is 1.55. The normalized spacial score (nSPS) is 19.3. The van der Waals surface area contributed by atoms with Gasteiger partial charge in [0.1, 0.15) is 6.29 Å². The van der Waals surface area contributed by atoms with Crippen molar-refractivity contribution in [2.75, 3.05) is 13.2 Å². The van der Waals surface area contributed by atoms with E-state index in [9.17, 15) is 4.79 Å². The Morgan fingerprint density at radius 3 is 2.56 bits per heavy atom. The zero-order valence-corrected chi connectivity index (χ0v) is 5.30. The van der Waals surface area contributed by atoms with Gasteiger partial charge in [0.05, 0.1) is 13.2 Å². The van der Waals surface area contributed by atoms with Crippen LogP contribution >= 0.6 is 0 Å². The summed E-state index contributed by atoms with van der Waals surface area (Å²) < 4.78 is 5.09. The van der Waals surface area contributed by atoms with Gasteiger partial charge in [0.15, 0.2) is 0 Å². The fourth-order valence-electron chi connectivity index (χ4n) is 0.896. The van der Waals surface area contributed by atoms with Crippen LogP contribution in [0, 0.1) is 0 Å². The van der Waals surface area contributed by atoms with E-state index in [4.69, 9.17) is 4.74 Å². The number of hydrogen-bond acceptors (Lipinski definition) is 2. The van der Waals surface area contributed by atoms with Gasteiger partial charge in [-0.1, -0.05) is 5.57 Å². The van der Waals surface area contributed by atoms with E-state index in [2.05, 4.69) is 0 Å². The van der Waals surface area contributed by atoms with Crippen LogP contribution in [0.25, 0.3) is 0 Å². The van der Waals surface area contributed by atoms with Gasteiger partial charge in [-0.3, -0.25) is 4.79 Å². The molecule has 1 heterocycles. The second-order valence-electron chi connectivity index (χ2n) is 2.07. The molecule has 0 atom stereocenters. The minimum absolute atomic E-state index is 0.777. The van der Waals surface area contributed by atoms with E-state index in [-0.39, 0.29) is 0 Å². The second kappa shape index (κ2) is 3.41. The molecule has 0 aromatic rings. The maximum absolute atomic E-state index is 9.96. The number of rotatable bonds is 1. The molecule has 0 spiro atoms. The topological polar surface area (TPSA) is 26.3 Å². The van der Waals surface area contributed by atoms with E-state index < -0.39 is 0 Å². The lowest BCUT2D eigenvalue weighted by Crippen LogP contribution is -2.07. The first-order chi connectivity index (χ1) is 4.43. The van der Waals surface area contributed by atoms with E-state index in [0.29, 0.717) is 0 Å². The molecule has 1 fully saturated rings. The smallest absolute Gasteiger partial charge is 0.142 e. The highest BCUT2D eigenvalue weighted by Crippen LogP contribution is 2.11. The lowest BCUT2D eigenvalue weighted by molar-refractivity contribution is -0.104. The first-order valence-electron chi connectivity index (χ1n) is 3.14. The maximum atomic E-state index is 9.96. The number of ether oxygens (including phenoxy) is 1. The van der Waals surface area contributed by atoms with E-state index in [1.807, 2.05) is 0 Å². The van der Waals surface area contributed by atoms with Crippen molar-refractivity contribution in [1.29, 1.82) is 0 Å². The molecule has 0 N–H and O–H groups in total. The van der Waals surface area contributed by atoms with Gasteiger partial charge in [0, 0.05) is 0 Å². The van der Waals surface area contributed by atoms with Crippen LogP contribution in [0.15, 0.2) is 11.6 Å². The summed E-state index contributed by atoms with van der Waals surface area (Å²) in [5, 5.41) is 0. The van der Waals surface area contributed by atoms with Crippen LogP contribution in [-0.2, 0) is 9.53 Å². The fraction of sp³-hybridized carbons (Fsp3) is 0.571. The summed E-state index contributed by atoms with van der Waals surface area (Å²) in [7, 11) is 0. The highest BCUT2D eigenvalue weighted by molar-refractivity contribution is 5.66. The van der Waals surface area contributed by atoms with Crippen molar-refractivity contribution >= 4 is 6.29 Å². The predicted molar refractivity (Wildman–Crippen MR) is 34.2 cm³/mol. The van der Waals surface area contributed by atoms with Crippen LogP contribution in [0.3, 0.4) is 0 Å². The van der Waals surface area contributed by atoms with Crippen molar-refractivity contribution < 1.29 is 9.53 Å². The Hall–Kier alpha value is -0.630. The van der Waals surface area contributed by atoms with Crippen molar-refractivity contribution in [3.05, 3.63) is 11.6 Å². The zero-order valence-electron chi connectivity index (χ0n) is 5.30. The van der Waals surface area contributed by atoms with Gasteiger partial charge in [-0.25, -0.2) is 0 Å². The van der Waals surface area contributed by atoms with Gasteiger partial charge >= 0.3 is 0 Å². The molecule has 0 bridgehead atoms. The summed E-state index contributed by atoms with van der Waals surface area (Å²) >= 11 is 0. The lowest BCUT2D eigenvalue weighted by atomic mass is 10.1.